The quantitative estimate of drug-likeness (QED) is 0.746. The van der Waals surface area contributed by atoms with Crippen molar-refractivity contribution in [1.82, 2.24) is 0 Å². The molecule has 0 aliphatic heterocycles. The highest BCUT2D eigenvalue weighted by molar-refractivity contribution is 5.24. The minimum atomic E-state index is -0.653. The van der Waals surface area contributed by atoms with E-state index in [1.54, 1.807) is 19.1 Å². The van der Waals surface area contributed by atoms with E-state index in [2.05, 4.69) is 0 Å². The molecule has 3 heteroatoms. The van der Waals surface area contributed by atoms with E-state index >= 15 is 0 Å². The van der Waals surface area contributed by atoms with Crippen LogP contribution in [0, 0.1) is 12.7 Å². The Bertz CT molecular complexity index is 288. The standard InChI is InChI=1S/C10H14FNO/c1-7-2-3-8(6-9(7)11)10(13)4-5-12/h2-3,6,10,13H,4-5,12H2,1H3. The smallest absolute Gasteiger partial charge is 0.126 e. The zero-order chi connectivity index (χ0) is 9.84. The van der Waals surface area contributed by atoms with Crippen molar-refractivity contribution in [2.75, 3.05) is 6.54 Å². The van der Waals surface area contributed by atoms with Crippen LogP contribution in [0.2, 0.25) is 0 Å². The van der Waals surface area contributed by atoms with E-state index in [4.69, 9.17) is 5.73 Å². The van der Waals surface area contributed by atoms with Gasteiger partial charge in [0, 0.05) is 0 Å². The van der Waals surface area contributed by atoms with E-state index in [1.165, 1.54) is 6.07 Å². The van der Waals surface area contributed by atoms with Gasteiger partial charge in [0.1, 0.15) is 5.82 Å². The average molecular weight is 183 g/mol. The second-order valence-corrected chi connectivity index (χ2v) is 3.10. The summed E-state index contributed by atoms with van der Waals surface area (Å²) in [6, 6.07) is 4.73. The van der Waals surface area contributed by atoms with Crippen molar-refractivity contribution in [3.8, 4) is 0 Å². The van der Waals surface area contributed by atoms with Gasteiger partial charge in [0.25, 0.3) is 0 Å². The Morgan fingerprint density at radius 1 is 1.54 bits per heavy atom. The second-order valence-electron chi connectivity index (χ2n) is 3.10. The summed E-state index contributed by atoms with van der Waals surface area (Å²) in [4.78, 5) is 0. The summed E-state index contributed by atoms with van der Waals surface area (Å²) in [6.07, 6.45) is -0.192. The van der Waals surface area contributed by atoms with Crippen molar-refractivity contribution < 1.29 is 9.50 Å². The number of hydrogen-bond donors (Lipinski definition) is 2. The highest BCUT2D eigenvalue weighted by Crippen LogP contribution is 2.18. The minimum absolute atomic E-state index is 0.284. The van der Waals surface area contributed by atoms with Crippen LogP contribution in [0.3, 0.4) is 0 Å². The lowest BCUT2D eigenvalue weighted by Gasteiger charge is -2.09. The maximum Gasteiger partial charge on any atom is 0.126 e. The zero-order valence-electron chi connectivity index (χ0n) is 7.63. The number of rotatable bonds is 3. The molecule has 13 heavy (non-hydrogen) atoms. The maximum atomic E-state index is 13.0. The Hall–Kier alpha value is -0.930. The number of halogens is 1. The first-order valence-electron chi connectivity index (χ1n) is 4.29. The van der Waals surface area contributed by atoms with Crippen LogP contribution in [0.25, 0.3) is 0 Å². The van der Waals surface area contributed by atoms with Gasteiger partial charge >= 0.3 is 0 Å². The number of nitrogens with two attached hydrogens (primary N) is 1. The fraction of sp³-hybridized carbons (Fsp3) is 0.400. The molecule has 1 unspecified atom stereocenters. The summed E-state index contributed by atoms with van der Waals surface area (Å²) in [7, 11) is 0. The van der Waals surface area contributed by atoms with Crippen molar-refractivity contribution in [1.29, 1.82) is 0 Å². The lowest BCUT2D eigenvalue weighted by Crippen LogP contribution is -2.07. The Balaban J connectivity index is 2.84. The summed E-state index contributed by atoms with van der Waals surface area (Å²) in [5.74, 6) is -0.284. The zero-order valence-corrected chi connectivity index (χ0v) is 7.63. The first-order chi connectivity index (χ1) is 6.15. The molecule has 1 aromatic carbocycles. The van der Waals surface area contributed by atoms with E-state index in [-0.39, 0.29) is 5.82 Å². The fourth-order valence-corrected chi connectivity index (χ4v) is 1.14. The average Bonchev–Trinajstić information content (AvgIpc) is 2.10. The third kappa shape index (κ3) is 2.50. The Labute approximate surface area is 77.2 Å². The molecule has 0 radical (unpaired) electrons. The minimum Gasteiger partial charge on any atom is -0.388 e. The maximum absolute atomic E-state index is 13.0. The predicted octanol–water partition coefficient (Wildman–Crippen LogP) is 1.52. The van der Waals surface area contributed by atoms with Crippen LogP contribution in [0.4, 0.5) is 4.39 Å². The molecule has 0 aliphatic carbocycles. The van der Waals surface area contributed by atoms with E-state index in [9.17, 15) is 9.50 Å². The van der Waals surface area contributed by atoms with Crippen molar-refractivity contribution >= 4 is 0 Å². The van der Waals surface area contributed by atoms with Gasteiger partial charge in [-0.1, -0.05) is 12.1 Å². The monoisotopic (exact) mass is 183 g/mol. The molecule has 0 bridgehead atoms. The molecular formula is C10H14FNO. The van der Waals surface area contributed by atoms with Crippen LogP contribution in [0.5, 0.6) is 0 Å². The van der Waals surface area contributed by atoms with Crippen molar-refractivity contribution in [3.05, 3.63) is 35.1 Å². The molecule has 72 valence electrons. The molecule has 0 saturated heterocycles. The molecule has 0 saturated carbocycles. The number of benzene rings is 1. The third-order valence-corrected chi connectivity index (χ3v) is 2.02. The van der Waals surface area contributed by atoms with E-state index in [0.29, 0.717) is 24.1 Å². The molecular weight excluding hydrogens is 169 g/mol. The highest BCUT2D eigenvalue weighted by atomic mass is 19.1. The molecule has 1 rings (SSSR count). The van der Waals surface area contributed by atoms with Gasteiger partial charge in [0.2, 0.25) is 0 Å². The molecule has 1 aromatic rings. The summed E-state index contributed by atoms with van der Waals surface area (Å²) >= 11 is 0. The molecule has 1 atom stereocenters. The first kappa shape index (κ1) is 10.2. The fourth-order valence-electron chi connectivity index (χ4n) is 1.14. The lowest BCUT2D eigenvalue weighted by molar-refractivity contribution is 0.170. The van der Waals surface area contributed by atoms with Gasteiger partial charge in [0.15, 0.2) is 0 Å². The normalized spacial score (nSPS) is 12.9. The molecule has 0 amide bonds. The highest BCUT2D eigenvalue weighted by Gasteiger charge is 2.07. The molecule has 0 heterocycles. The van der Waals surface area contributed by atoms with Gasteiger partial charge in [-0.15, -0.1) is 0 Å². The van der Waals surface area contributed by atoms with Crippen LogP contribution < -0.4 is 5.73 Å². The summed E-state index contributed by atoms with van der Waals surface area (Å²) in [5, 5.41) is 9.49. The van der Waals surface area contributed by atoms with Gasteiger partial charge in [-0.25, -0.2) is 4.39 Å². The van der Waals surface area contributed by atoms with Crippen LogP contribution in [-0.2, 0) is 0 Å². The lowest BCUT2D eigenvalue weighted by atomic mass is 10.0. The summed E-state index contributed by atoms with van der Waals surface area (Å²) in [5.41, 5.74) is 6.46. The van der Waals surface area contributed by atoms with Crippen molar-refractivity contribution in [2.24, 2.45) is 5.73 Å². The van der Waals surface area contributed by atoms with E-state index in [1.807, 2.05) is 0 Å². The topological polar surface area (TPSA) is 46.2 Å². The van der Waals surface area contributed by atoms with Gasteiger partial charge in [0.05, 0.1) is 6.10 Å². The SMILES string of the molecule is Cc1ccc(C(O)CCN)cc1F. The van der Waals surface area contributed by atoms with Crippen molar-refractivity contribution in [3.63, 3.8) is 0 Å². The van der Waals surface area contributed by atoms with E-state index < -0.39 is 6.10 Å². The van der Waals surface area contributed by atoms with Crippen LogP contribution >= 0.6 is 0 Å². The van der Waals surface area contributed by atoms with Crippen LogP contribution in [0.1, 0.15) is 23.7 Å². The van der Waals surface area contributed by atoms with E-state index in [0.717, 1.165) is 0 Å². The molecule has 0 aliphatic rings. The first-order valence-corrected chi connectivity index (χ1v) is 4.29. The Morgan fingerprint density at radius 3 is 2.77 bits per heavy atom. The molecule has 0 aromatic heterocycles. The number of aliphatic hydroxyl groups is 1. The second kappa shape index (κ2) is 4.35. The summed E-state index contributed by atoms with van der Waals surface area (Å²) in [6.45, 7) is 2.09. The molecule has 3 N–H and O–H groups in total. The Morgan fingerprint density at radius 2 is 2.23 bits per heavy atom. The number of aryl methyl sites for hydroxylation is 1. The van der Waals surface area contributed by atoms with Crippen molar-refractivity contribution in [2.45, 2.75) is 19.4 Å². The van der Waals surface area contributed by atoms with Gasteiger partial charge in [-0.2, -0.15) is 0 Å². The third-order valence-electron chi connectivity index (χ3n) is 2.02. The molecule has 2 nitrogen and oxygen atoms in total. The predicted molar refractivity (Wildman–Crippen MR) is 49.8 cm³/mol. The number of hydrogen-bond acceptors (Lipinski definition) is 2. The Kier molecular flexibility index (Phi) is 3.39. The molecule has 0 fully saturated rings. The van der Waals surface area contributed by atoms with Crippen LogP contribution in [0.15, 0.2) is 18.2 Å². The van der Waals surface area contributed by atoms with Gasteiger partial charge < -0.3 is 10.8 Å². The largest absolute Gasteiger partial charge is 0.388 e. The molecule has 0 spiro atoms. The van der Waals surface area contributed by atoms with Gasteiger partial charge in [-0.3, -0.25) is 0 Å². The number of aliphatic hydroxyl groups excluding tert-OH is 1. The summed E-state index contributed by atoms with van der Waals surface area (Å²) < 4.78 is 13.0. The van der Waals surface area contributed by atoms with Crippen LogP contribution in [-0.4, -0.2) is 11.7 Å². The van der Waals surface area contributed by atoms with Gasteiger partial charge in [-0.05, 0) is 37.1 Å².